The lowest BCUT2D eigenvalue weighted by molar-refractivity contribution is 0.474. The highest BCUT2D eigenvalue weighted by Gasteiger charge is 2.11. The molecule has 22 heavy (non-hydrogen) atoms. The van der Waals surface area contributed by atoms with Crippen molar-refractivity contribution in [3.05, 3.63) is 77.6 Å². The molecule has 0 fully saturated rings. The summed E-state index contributed by atoms with van der Waals surface area (Å²) in [5.74, 6) is 0.559. The molecule has 112 valence electrons. The van der Waals surface area contributed by atoms with E-state index in [1.807, 2.05) is 41.2 Å². The summed E-state index contributed by atoms with van der Waals surface area (Å²) in [6.07, 6.45) is 2.83. The maximum absolute atomic E-state index is 9.53. The van der Waals surface area contributed by atoms with Gasteiger partial charge in [0, 0.05) is 12.1 Å². The average Bonchev–Trinajstić information content (AvgIpc) is 2.97. The van der Waals surface area contributed by atoms with Gasteiger partial charge >= 0.3 is 0 Å². The number of rotatable bonds is 5. The highest BCUT2D eigenvalue weighted by molar-refractivity contribution is 5.28. The average molecular weight is 293 g/mol. The molecule has 1 unspecified atom stereocenters. The molecule has 0 aliphatic carbocycles. The van der Waals surface area contributed by atoms with Gasteiger partial charge < -0.3 is 5.11 Å². The Morgan fingerprint density at radius 3 is 2.59 bits per heavy atom. The summed E-state index contributed by atoms with van der Waals surface area (Å²) < 4.78 is 1.86. The van der Waals surface area contributed by atoms with Gasteiger partial charge in [-0.15, -0.1) is 5.10 Å². The third-order valence-corrected chi connectivity index (χ3v) is 3.70. The summed E-state index contributed by atoms with van der Waals surface area (Å²) in [7, 11) is 0. The van der Waals surface area contributed by atoms with Gasteiger partial charge in [-0.2, -0.15) is 0 Å². The second-order valence-electron chi connectivity index (χ2n) is 5.60. The zero-order valence-corrected chi connectivity index (χ0v) is 12.6. The van der Waals surface area contributed by atoms with Crippen LogP contribution in [0.1, 0.15) is 29.7 Å². The lowest BCUT2D eigenvalue weighted by Gasteiger charge is -2.08. The predicted molar refractivity (Wildman–Crippen MR) is 85.8 cm³/mol. The second kappa shape index (κ2) is 6.43. The molecule has 3 rings (SSSR count). The quantitative estimate of drug-likeness (QED) is 0.784. The summed E-state index contributed by atoms with van der Waals surface area (Å²) in [5.41, 5.74) is 3.28. The molecule has 0 aliphatic heterocycles. The summed E-state index contributed by atoms with van der Waals surface area (Å²) in [6, 6.07) is 17.6. The fraction of sp³-hybridized carbons (Fsp3) is 0.222. The Morgan fingerprint density at radius 1 is 1.05 bits per heavy atom. The highest BCUT2D eigenvalue weighted by atomic mass is 16.3. The van der Waals surface area contributed by atoms with Gasteiger partial charge in [0.25, 0.3) is 0 Å². The minimum absolute atomic E-state index is 0.256. The summed E-state index contributed by atoms with van der Waals surface area (Å²) in [4.78, 5) is 0. The van der Waals surface area contributed by atoms with E-state index in [9.17, 15) is 5.11 Å². The van der Waals surface area contributed by atoms with Crippen LogP contribution in [0.5, 0.6) is 5.75 Å². The van der Waals surface area contributed by atoms with E-state index < -0.39 is 0 Å². The smallest absolute Gasteiger partial charge is 0.115 e. The van der Waals surface area contributed by atoms with Crippen LogP contribution in [-0.2, 0) is 13.0 Å². The van der Waals surface area contributed by atoms with Crippen LogP contribution in [0.15, 0.2) is 60.8 Å². The Bertz CT molecular complexity index is 737. The van der Waals surface area contributed by atoms with Crippen molar-refractivity contribution in [3.8, 4) is 5.75 Å². The predicted octanol–water partition coefficient (Wildman–Crippen LogP) is 3.38. The molecule has 1 aromatic heterocycles. The zero-order valence-electron chi connectivity index (χ0n) is 12.6. The number of benzene rings is 2. The van der Waals surface area contributed by atoms with Gasteiger partial charge in [-0.1, -0.05) is 54.6 Å². The number of hydrogen-bond acceptors (Lipinski definition) is 3. The van der Waals surface area contributed by atoms with E-state index >= 15 is 0 Å². The molecule has 0 amide bonds. The van der Waals surface area contributed by atoms with Crippen LogP contribution in [-0.4, -0.2) is 20.1 Å². The monoisotopic (exact) mass is 293 g/mol. The number of hydrogen-bond donors (Lipinski definition) is 1. The molecule has 4 nitrogen and oxygen atoms in total. The molecule has 1 atom stereocenters. The topological polar surface area (TPSA) is 50.9 Å². The molecule has 2 aromatic carbocycles. The highest BCUT2D eigenvalue weighted by Crippen LogP contribution is 2.20. The van der Waals surface area contributed by atoms with Gasteiger partial charge in [0.15, 0.2) is 0 Å². The first kappa shape index (κ1) is 14.3. The van der Waals surface area contributed by atoms with E-state index in [0.29, 0.717) is 5.75 Å². The Labute approximate surface area is 130 Å². The lowest BCUT2D eigenvalue weighted by atomic mass is 9.98. The van der Waals surface area contributed by atoms with Gasteiger partial charge in [0.1, 0.15) is 5.75 Å². The van der Waals surface area contributed by atoms with E-state index in [1.165, 1.54) is 5.56 Å². The van der Waals surface area contributed by atoms with Gasteiger partial charge in [0.05, 0.1) is 12.2 Å². The third-order valence-electron chi connectivity index (χ3n) is 3.70. The van der Waals surface area contributed by atoms with Crippen LogP contribution in [0.25, 0.3) is 0 Å². The number of phenolic OH excluding ortho intramolecular Hbond substituents is 1. The minimum Gasteiger partial charge on any atom is -0.508 e. The van der Waals surface area contributed by atoms with Crippen LogP contribution < -0.4 is 0 Å². The second-order valence-corrected chi connectivity index (χ2v) is 5.60. The number of aromatic hydroxyl groups is 1. The van der Waals surface area contributed by atoms with E-state index in [-0.39, 0.29) is 5.92 Å². The van der Waals surface area contributed by atoms with Crippen LogP contribution >= 0.6 is 0 Å². The van der Waals surface area contributed by atoms with Crippen molar-refractivity contribution in [1.29, 1.82) is 0 Å². The van der Waals surface area contributed by atoms with Crippen molar-refractivity contribution >= 4 is 0 Å². The normalized spacial score (nSPS) is 12.2. The Balaban J connectivity index is 1.68. The fourth-order valence-corrected chi connectivity index (χ4v) is 2.53. The summed E-state index contributed by atoms with van der Waals surface area (Å²) >= 11 is 0. The van der Waals surface area contributed by atoms with Crippen LogP contribution in [0.4, 0.5) is 0 Å². The summed E-state index contributed by atoms with van der Waals surface area (Å²) in [6.45, 7) is 2.85. The molecule has 0 aliphatic rings. The largest absolute Gasteiger partial charge is 0.508 e. The third kappa shape index (κ3) is 3.52. The van der Waals surface area contributed by atoms with Crippen molar-refractivity contribution in [2.24, 2.45) is 0 Å². The molecular weight excluding hydrogens is 274 g/mol. The molecular formula is C18H19N3O. The number of aromatic nitrogens is 3. The van der Waals surface area contributed by atoms with Gasteiger partial charge in [-0.25, -0.2) is 4.68 Å². The number of phenols is 1. The van der Waals surface area contributed by atoms with Crippen LogP contribution in [0.2, 0.25) is 0 Å². The molecule has 4 heteroatoms. The summed E-state index contributed by atoms with van der Waals surface area (Å²) in [5, 5.41) is 18.0. The minimum atomic E-state index is 0.256. The maximum atomic E-state index is 9.53. The van der Waals surface area contributed by atoms with Gasteiger partial charge in [-0.3, -0.25) is 0 Å². The molecule has 0 saturated carbocycles. The molecule has 0 radical (unpaired) electrons. The van der Waals surface area contributed by atoms with Crippen molar-refractivity contribution in [1.82, 2.24) is 15.0 Å². The van der Waals surface area contributed by atoms with Gasteiger partial charge in [-0.05, 0) is 29.7 Å². The Hall–Kier alpha value is -2.62. The Morgan fingerprint density at radius 2 is 1.82 bits per heavy atom. The molecule has 0 spiro atoms. The molecule has 1 N–H and O–H groups in total. The number of nitrogens with zero attached hydrogens (tertiary/aromatic N) is 3. The molecule has 0 saturated heterocycles. The van der Waals surface area contributed by atoms with Gasteiger partial charge in [0.2, 0.25) is 0 Å². The maximum Gasteiger partial charge on any atom is 0.115 e. The Kier molecular flexibility index (Phi) is 4.19. The van der Waals surface area contributed by atoms with Crippen molar-refractivity contribution < 1.29 is 5.11 Å². The first-order chi connectivity index (χ1) is 10.7. The first-order valence-corrected chi connectivity index (χ1v) is 7.42. The van der Waals surface area contributed by atoms with Crippen molar-refractivity contribution in [2.45, 2.75) is 25.8 Å². The first-order valence-electron chi connectivity index (χ1n) is 7.42. The van der Waals surface area contributed by atoms with Crippen LogP contribution in [0, 0.1) is 0 Å². The SMILES string of the molecule is CC(Cc1cccc(O)c1)c1cn(Cc2ccccc2)nn1. The molecule has 3 aromatic rings. The lowest BCUT2D eigenvalue weighted by Crippen LogP contribution is -2.00. The van der Waals surface area contributed by atoms with E-state index in [2.05, 4.69) is 29.4 Å². The van der Waals surface area contributed by atoms with E-state index in [0.717, 1.165) is 24.2 Å². The van der Waals surface area contributed by atoms with Crippen LogP contribution in [0.3, 0.4) is 0 Å². The molecule has 0 bridgehead atoms. The van der Waals surface area contributed by atoms with Crippen molar-refractivity contribution in [2.75, 3.05) is 0 Å². The molecule has 1 heterocycles. The van der Waals surface area contributed by atoms with E-state index in [1.54, 1.807) is 12.1 Å². The van der Waals surface area contributed by atoms with E-state index in [4.69, 9.17) is 0 Å². The van der Waals surface area contributed by atoms with Crippen molar-refractivity contribution in [3.63, 3.8) is 0 Å². The zero-order chi connectivity index (χ0) is 15.4. The fourth-order valence-electron chi connectivity index (χ4n) is 2.53. The standard InChI is InChI=1S/C18H19N3O/c1-14(10-16-8-5-9-17(22)11-16)18-13-21(20-19-18)12-15-6-3-2-4-7-15/h2-9,11,13-14,22H,10,12H2,1H3.